The van der Waals surface area contributed by atoms with E-state index in [9.17, 15) is 9.59 Å². The van der Waals surface area contributed by atoms with Gasteiger partial charge in [-0.2, -0.15) is 0 Å². The van der Waals surface area contributed by atoms with Crippen molar-refractivity contribution in [3.8, 4) is 28.6 Å². The minimum atomic E-state index is -0.111. The van der Waals surface area contributed by atoms with Gasteiger partial charge in [0.15, 0.2) is 11.0 Å². The average molecular weight is 637 g/mol. The van der Waals surface area contributed by atoms with E-state index in [1.807, 2.05) is 94.1 Å². The van der Waals surface area contributed by atoms with Crippen LogP contribution >= 0.6 is 27.7 Å². The molecule has 11 heteroatoms. The second-order valence-electron chi connectivity index (χ2n) is 9.53. The van der Waals surface area contributed by atoms with E-state index in [0.717, 1.165) is 21.5 Å². The highest BCUT2D eigenvalue weighted by molar-refractivity contribution is 9.10. The van der Waals surface area contributed by atoms with Crippen molar-refractivity contribution in [1.82, 2.24) is 24.6 Å². The predicted molar refractivity (Wildman–Crippen MR) is 162 cm³/mol. The van der Waals surface area contributed by atoms with Gasteiger partial charge in [-0.25, -0.2) is 0 Å². The molecule has 1 aromatic heterocycles. The lowest BCUT2D eigenvalue weighted by atomic mass is 10.1. The Labute approximate surface area is 251 Å². The lowest BCUT2D eigenvalue weighted by Gasteiger charge is -2.40. The van der Waals surface area contributed by atoms with Crippen LogP contribution in [0.4, 0.5) is 0 Å². The molecule has 9 nitrogen and oxygen atoms in total. The summed E-state index contributed by atoms with van der Waals surface area (Å²) in [5.74, 6) is 2.23. The molecule has 2 amide bonds. The van der Waals surface area contributed by atoms with Gasteiger partial charge in [0.1, 0.15) is 11.5 Å². The minimum Gasteiger partial charge on any atom is -0.497 e. The Morgan fingerprint density at radius 2 is 1.71 bits per heavy atom. The number of carbonyl (C=O) groups is 2. The summed E-state index contributed by atoms with van der Waals surface area (Å²) in [5, 5.41) is 9.53. The Morgan fingerprint density at radius 3 is 2.41 bits per heavy atom. The number of thioether (sulfide) groups is 1. The van der Waals surface area contributed by atoms with Crippen LogP contribution in [-0.2, 0) is 4.79 Å². The third-order valence-corrected chi connectivity index (χ3v) is 8.57. The van der Waals surface area contributed by atoms with Crippen molar-refractivity contribution in [2.75, 3.05) is 39.6 Å². The molecule has 1 saturated heterocycles. The van der Waals surface area contributed by atoms with Crippen LogP contribution in [0, 0.1) is 0 Å². The summed E-state index contributed by atoms with van der Waals surface area (Å²) >= 11 is 4.81. The van der Waals surface area contributed by atoms with E-state index in [1.54, 1.807) is 14.2 Å². The van der Waals surface area contributed by atoms with Gasteiger partial charge in [0, 0.05) is 41.4 Å². The molecule has 4 aromatic rings. The van der Waals surface area contributed by atoms with Crippen LogP contribution in [0.25, 0.3) is 17.1 Å². The van der Waals surface area contributed by atoms with E-state index in [4.69, 9.17) is 9.47 Å². The highest BCUT2D eigenvalue weighted by atomic mass is 79.9. The number of nitrogens with zero attached hydrogens (tertiary/aromatic N) is 5. The van der Waals surface area contributed by atoms with Crippen molar-refractivity contribution in [2.45, 2.75) is 18.1 Å². The van der Waals surface area contributed by atoms with Crippen LogP contribution < -0.4 is 9.47 Å². The van der Waals surface area contributed by atoms with Crippen LogP contribution in [0.1, 0.15) is 17.3 Å². The maximum Gasteiger partial charge on any atom is 0.255 e. The highest BCUT2D eigenvalue weighted by Crippen LogP contribution is 2.31. The Hall–Kier alpha value is -3.83. The van der Waals surface area contributed by atoms with Crippen molar-refractivity contribution < 1.29 is 19.1 Å². The number of aromatic nitrogens is 3. The second-order valence-corrected chi connectivity index (χ2v) is 11.3. The molecule has 0 aliphatic carbocycles. The molecule has 0 saturated carbocycles. The van der Waals surface area contributed by atoms with Crippen molar-refractivity contribution in [3.05, 3.63) is 82.8 Å². The zero-order valence-electron chi connectivity index (χ0n) is 23.0. The van der Waals surface area contributed by atoms with Crippen LogP contribution in [0.3, 0.4) is 0 Å². The number of carbonyl (C=O) groups excluding carboxylic acids is 2. The number of methoxy groups -OCH3 is 2. The summed E-state index contributed by atoms with van der Waals surface area (Å²) in [6.07, 6.45) is 0. The molecule has 212 valence electrons. The summed E-state index contributed by atoms with van der Waals surface area (Å²) in [6.45, 7) is 3.39. The first-order valence-corrected chi connectivity index (χ1v) is 14.9. The van der Waals surface area contributed by atoms with Gasteiger partial charge in [0.25, 0.3) is 5.91 Å². The molecular formula is C30H30BrN5O4S. The highest BCUT2D eigenvalue weighted by Gasteiger charge is 2.31. The molecule has 1 aliphatic rings. The number of amides is 2. The lowest BCUT2D eigenvalue weighted by molar-refractivity contribution is -0.130. The Bertz CT molecular complexity index is 1540. The fraction of sp³-hybridized carbons (Fsp3) is 0.267. The monoisotopic (exact) mass is 635 g/mol. The smallest absolute Gasteiger partial charge is 0.255 e. The average Bonchev–Trinajstić information content (AvgIpc) is 3.43. The quantitative estimate of drug-likeness (QED) is 0.247. The van der Waals surface area contributed by atoms with E-state index in [2.05, 4.69) is 26.1 Å². The number of ether oxygens (including phenoxy) is 2. The minimum absolute atomic E-state index is 0.0120. The Balaban J connectivity index is 1.31. The number of hydrogen-bond acceptors (Lipinski definition) is 7. The van der Waals surface area contributed by atoms with Crippen molar-refractivity contribution in [3.63, 3.8) is 0 Å². The maximum absolute atomic E-state index is 13.3. The van der Waals surface area contributed by atoms with Crippen molar-refractivity contribution in [1.29, 1.82) is 0 Å². The third kappa shape index (κ3) is 6.25. The molecule has 0 spiro atoms. The van der Waals surface area contributed by atoms with Gasteiger partial charge in [-0.05, 0) is 71.4 Å². The first kappa shape index (κ1) is 28.7. The summed E-state index contributed by atoms with van der Waals surface area (Å²) in [4.78, 5) is 30.1. The van der Waals surface area contributed by atoms with Gasteiger partial charge in [0.05, 0.1) is 25.5 Å². The van der Waals surface area contributed by atoms with Crippen LogP contribution in [0.15, 0.2) is 82.4 Å². The summed E-state index contributed by atoms with van der Waals surface area (Å²) < 4.78 is 13.4. The molecule has 0 N–H and O–H groups in total. The van der Waals surface area contributed by atoms with E-state index in [-0.39, 0.29) is 23.6 Å². The standard InChI is InChI=1S/C30H30BrN5O4S/c1-20-18-34(15-16-35(20)29(38)25-9-4-5-10-26(25)31)27(37)19-41-30-33-32-28(21-7-6-8-24(17-21)40-3)36(30)22-11-13-23(39-2)14-12-22/h4-14,17,20H,15-16,18-19H2,1-3H3. The van der Waals surface area contributed by atoms with E-state index >= 15 is 0 Å². The molecule has 5 rings (SSSR count). The summed E-state index contributed by atoms with van der Waals surface area (Å²) in [5.41, 5.74) is 2.31. The molecule has 2 heterocycles. The SMILES string of the molecule is COc1ccc(-n2c(SCC(=O)N3CCN(C(=O)c4ccccc4Br)C(C)C3)nnc2-c2cccc(OC)c2)cc1. The summed E-state index contributed by atoms with van der Waals surface area (Å²) in [6, 6.07) is 22.5. The van der Waals surface area contributed by atoms with Crippen LogP contribution in [0.5, 0.6) is 11.5 Å². The topological polar surface area (TPSA) is 89.8 Å². The number of halogens is 1. The summed E-state index contributed by atoms with van der Waals surface area (Å²) in [7, 11) is 3.25. The third-order valence-electron chi connectivity index (χ3n) is 6.96. The Morgan fingerprint density at radius 1 is 0.951 bits per heavy atom. The van der Waals surface area contributed by atoms with E-state index < -0.39 is 0 Å². The largest absolute Gasteiger partial charge is 0.497 e. The molecule has 1 unspecified atom stereocenters. The molecule has 3 aromatic carbocycles. The Kier molecular flexibility index (Phi) is 8.94. The first-order chi connectivity index (χ1) is 19.9. The molecule has 0 bridgehead atoms. The van der Waals surface area contributed by atoms with E-state index in [0.29, 0.717) is 41.9 Å². The zero-order valence-corrected chi connectivity index (χ0v) is 25.4. The number of piperazine rings is 1. The molecular weight excluding hydrogens is 606 g/mol. The fourth-order valence-electron chi connectivity index (χ4n) is 4.77. The van der Waals surface area contributed by atoms with Gasteiger partial charge in [-0.1, -0.05) is 36.0 Å². The molecule has 0 radical (unpaired) electrons. The van der Waals surface area contributed by atoms with Gasteiger partial charge < -0.3 is 19.3 Å². The van der Waals surface area contributed by atoms with Gasteiger partial charge >= 0.3 is 0 Å². The number of rotatable bonds is 8. The van der Waals surface area contributed by atoms with Gasteiger partial charge in [0.2, 0.25) is 5.91 Å². The lowest BCUT2D eigenvalue weighted by Crippen LogP contribution is -2.55. The normalized spacial score (nSPS) is 15.1. The number of hydrogen-bond donors (Lipinski definition) is 0. The predicted octanol–water partition coefficient (Wildman–Crippen LogP) is 5.18. The fourth-order valence-corrected chi connectivity index (χ4v) is 6.08. The van der Waals surface area contributed by atoms with Gasteiger partial charge in [-0.3, -0.25) is 14.2 Å². The van der Waals surface area contributed by atoms with E-state index in [1.165, 1.54) is 11.8 Å². The zero-order chi connectivity index (χ0) is 28.9. The second kappa shape index (κ2) is 12.8. The molecule has 1 aliphatic heterocycles. The van der Waals surface area contributed by atoms with Crippen molar-refractivity contribution >= 4 is 39.5 Å². The first-order valence-electron chi connectivity index (χ1n) is 13.1. The molecule has 1 fully saturated rings. The molecule has 1 atom stereocenters. The van der Waals surface area contributed by atoms with Crippen LogP contribution in [-0.4, -0.2) is 82.0 Å². The van der Waals surface area contributed by atoms with Gasteiger partial charge in [-0.15, -0.1) is 10.2 Å². The van der Waals surface area contributed by atoms with Crippen molar-refractivity contribution in [2.24, 2.45) is 0 Å². The molecule has 41 heavy (non-hydrogen) atoms. The number of benzene rings is 3. The van der Waals surface area contributed by atoms with Crippen LogP contribution in [0.2, 0.25) is 0 Å². The maximum atomic E-state index is 13.3.